The smallest absolute Gasteiger partial charge is 0.242 e. The Morgan fingerprint density at radius 1 is 1.14 bits per heavy atom. The molecule has 0 spiro atoms. The Kier molecular flexibility index (Phi) is 7.01. The maximum atomic E-state index is 12.3. The first-order valence-electron chi connectivity index (χ1n) is 6.19. The first kappa shape index (κ1) is 21.3. The lowest BCUT2D eigenvalue weighted by molar-refractivity contribution is 0.462. The van der Waals surface area contributed by atoms with Crippen molar-refractivity contribution in [2.45, 2.75) is 29.2 Å². The van der Waals surface area contributed by atoms with Gasteiger partial charge in [-0.05, 0) is 32.0 Å². The van der Waals surface area contributed by atoms with Crippen LogP contribution in [-0.4, -0.2) is 47.3 Å². The lowest BCUT2D eigenvalue weighted by atomic mass is 10.1. The third-order valence-corrected chi connectivity index (χ3v) is 6.32. The summed E-state index contributed by atoms with van der Waals surface area (Å²) in [7, 11) is -4.78. The zero-order valence-electron chi connectivity index (χ0n) is 12.9. The number of benzene rings is 1. The quantitative estimate of drug-likeness (QED) is 0.750. The Labute approximate surface area is 138 Å². The average Bonchev–Trinajstić information content (AvgIpc) is 2.37. The molecule has 0 aromatic heterocycles. The van der Waals surface area contributed by atoms with Crippen molar-refractivity contribution in [2.24, 2.45) is 5.73 Å². The van der Waals surface area contributed by atoms with Crippen molar-refractivity contribution in [2.75, 3.05) is 20.6 Å². The minimum absolute atomic E-state index is 0. The fraction of sp³-hybridized carbons (Fsp3) is 0.500. The molecular formula is C12H22ClN3O4S2. The van der Waals surface area contributed by atoms with Gasteiger partial charge in [-0.1, -0.05) is 6.07 Å². The van der Waals surface area contributed by atoms with E-state index in [9.17, 15) is 16.8 Å². The summed E-state index contributed by atoms with van der Waals surface area (Å²) in [5, 5.41) is 0. The van der Waals surface area contributed by atoms with Crippen molar-refractivity contribution < 1.29 is 16.8 Å². The second-order valence-corrected chi connectivity index (χ2v) is 9.29. The minimum atomic E-state index is -3.85. The van der Waals surface area contributed by atoms with Crippen molar-refractivity contribution >= 4 is 32.5 Å². The Morgan fingerprint density at radius 3 is 2.09 bits per heavy atom. The minimum Gasteiger partial charge on any atom is -0.329 e. The van der Waals surface area contributed by atoms with Crippen LogP contribution < -0.4 is 10.5 Å². The summed E-state index contributed by atoms with van der Waals surface area (Å²) in [5.74, 6) is 0. The Morgan fingerprint density at radius 2 is 1.64 bits per heavy atom. The van der Waals surface area contributed by atoms with Gasteiger partial charge in [0, 0.05) is 26.2 Å². The second-order valence-electron chi connectivity index (χ2n) is 5.46. The highest BCUT2D eigenvalue weighted by Crippen LogP contribution is 2.19. The van der Waals surface area contributed by atoms with E-state index in [1.807, 2.05) is 0 Å². The summed E-state index contributed by atoms with van der Waals surface area (Å²) in [4.78, 5) is -0.201. The Hall–Kier alpha value is -0.710. The normalized spacial score (nSPS) is 13.0. The van der Waals surface area contributed by atoms with Crippen molar-refractivity contribution in [3.05, 3.63) is 24.3 Å². The molecule has 0 aliphatic heterocycles. The monoisotopic (exact) mass is 371 g/mol. The molecule has 0 bridgehead atoms. The number of halogens is 1. The summed E-state index contributed by atoms with van der Waals surface area (Å²) in [6, 6.07) is 5.21. The van der Waals surface area contributed by atoms with Crippen LogP contribution >= 0.6 is 12.4 Å². The van der Waals surface area contributed by atoms with Crippen molar-refractivity contribution in [1.29, 1.82) is 0 Å². The van der Waals surface area contributed by atoms with Gasteiger partial charge in [-0.15, -0.1) is 12.4 Å². The summed E-state index contributed by atoms with van der Waals surface area (Å²) in [5.41, 5.74) is 4.68. The second kappa shape index (κ2) is 7.24. The summed E-state index contributed by atoms with van der Waals surface area (Å²) in [6.07, 6.45) is 0. The summed E-state index contributed by atoms with van der Waals surface area (Å²) >= 11 is 0. The van der Waals surface area contributed by atoms with E-state index in [1.54, 1.807) is 13.8 Å². The molecule has 0 fully saturated rings. The van der Waals surface area contributed by atoms with E-state index in [1.165, 1.54) is 32.3 Å². The van der Waals surface area contributed by atoms with Crippen LogP contribution in [0.4, 0.5) is 0 Å². The molecule has 10 heteroatoms. The van der Waals surface area contributed by atoms with Gasteiger partial charge in [0.1, 0.15) is 0 Å². The van der Waals surface area contributed by atoms with Gasteiger partial charge in [0.15, 0.2) is 0 Å². The predicted octanol–water partition coefficient (Wildman–Crippen LogP) is 0.374. The number of nitrogens with two attached hydrogens (primary N) is 1. The highest BCUT2D eigenvalue weighted by Gasteiger charge is 2.26. The lowest BCUT2D eigenvalue weighted by Crippen LogP contribution is -2.48. The van der Waals surface area contributed by atoms with E-state index in [0.717, 1.165) is 10.4 Å². The van der Waals surface area contributed by atoms with Crippen LogP contribution in [0.25, 0.3) is 0 Å². The first-order valence-corrected chi connectivity index (χ1v) is 9.11. The molecule has 1 aromatic carbocycles. The number of nitrogens with one attached hydrogen (secondary N) is 1. The maximum absolute atomic E-state index is 12.3. The molecule has 128 valence electrons. The van der Waals surface area contributed by atoms with E-state index in [0.29, 0.717) is 0 Å². The number of rotatable bonds is 6. The highest BCUT2D eigenvalue weighted by molar-refractivity contribution is 7.90. The average molecular weight is 372 g/mol. The molecule has 1 rings (SSSR count). The molecule has 1 aromatic rings. The van der Waals surface area contributed by atoms with Crippen LogP contribution in [0.5, 0.6) is 0 Å². The van der Waals surface area contributed by atoms with Gasteiger partial charge in [-0.3, -0.25) is 0 Å². The molecule has 7 nitrogen and oxygen atoms in total. The van der Waals surface area contributed by atoms with Gasteiger partial charge in [0.2, 0.25) is 20.0 Å². The van der Waals surface area contributed by atoms with Gasteiger partial charge in [0.05, 0.1) is 9.79 Å². The van der Waals surface area contributed by atoms with Crippen LogP contribution in [0.3, 0.4) is 0 Å². The molecular weight excluding hydrogens is 350 g/mol. The summed E-state index contributed by atoms with van der Waals surface area (Å²) < 4.78 is 52.1. The molecule has 0 saturated carbocycles. The summed E-state index contributed by atoms with van der Waals surface area (Å²) in [6.45, 7) is 3.40. The van der Waals surface area contributed by atoms with Crippen LogP contribution in [0.1, 0.15) is 13.8 Å². The molecule has 0 radical (unpaired) electrons. The van der Waals surface area contributed by atoms with Gasteiger partial charge in [-0.2, -0.15) is 0 Å². The fourth-order valence-corrected chi connectivity index (χ4v) is 3.97. The van der Waals surface area contributed by atoms with Gasteiger partial charge in [-0.25, -0.2) is 25.9 Å². The number of nitrogens with zero attached hydrogens (tertiary/aromatic N) is 1. The van der Waals surface area contributed by atoms with E-state index in [4.69, 9.17) is 5.73 Å². The van der Waals surface area contributed by atoms with Gasteiger partial charge >= 0.3 is 0 Å². The predicted molar refractivity (Wildman–Crippen MR) is 88.0 cm³/mol. The molecule has 0 atom stereocenters. The van der Waals surface area contributed by atoms with Crippen molar-refractivity contribution in [1.82, 2.24) is 9.03 Å². The molecule has 22 heavy (non-hydrogen) atoms. The molecule has 0 heterocycles. The zero-order chi connectivity index (χ0) is 16.5. The fourth-order valence-electron chi connectivity index (χ4n) is 1.48. The first-order chi connectivity index (χ1) is 9.42. The van der Waals surface area contributed by atoms with E-state index in [-0.39, 0.29) is 28.7 Å². The van der Waals surface area contributed by atoms with E-state index < -0.39 is 25.6 Å². The zero-order valence-corrected chi connectivity index (χ0v) is 15.3. The van der Waals surface area contributed by atoms with Crippen molar-refractivity contribution in [3.8, 4) is 0 Å². The Balaban J connectivity index is 0.00000441. The van der Waals surface area contributed by atoms with E-state index in [2.05, 4.69) is 4.72 Å². The van der Waals surface area contributed by atoms with Gasteiger partial charge < -0.3 is 5.73 Å². The van der Waals surface area contributed by atoms with Crippen LogP contribution in [0.2, 0.25) is 0 Å². The SMILES string of the molecule is CN(C)S(=O)(=O)c1cccc(S(=O)(=O)NC(C)(C)CN)c1.Cl. The number of hydrogen-bond donors (Lipinski definition) is 2. The third-order valence-electron chi connectivity index (χ3n) is 2.82. The largest absolute Gasteiger partial charge is 0.329 e. The molecule has 3 N–H and O–H groups in total. The number of hydrogen-bond acceptors (Lipinski definition) is 5. The molecule has 0 aliphatic rings. The number of sulfonamides is 2. The van der Waals surface area contributed by atoms with Crippen LogP contribution in [0.15, 0.2) is 34.1 Å². The highest BCUT2D eigenvalue weighted by atomic mass is 35.5. The van der Waals surface area contributed by atoms with E-state index >= 15 is 0 Å². The topological polar surface area (TPSA) is 110 Å². The Bertz CT molecular complexity index is 716. The van der Waals surface area contributed by atoms with Crippen LogP contribution in [0, 0.1) is 0 Å². The molecule has 0 saturated heterocycles. The molecule has 0 aliphatic carbocycles. The van der Waals surface area contributed by atoms with Gasteiger partial charge in [0.25, 0.3) is 0 Å². The lowest BCUT2D eigenvalue weighted by Gasteiger charge is -2.24. The molecule has 0 amide bonds. The standard InChI is InChI=1S/C12H21N3O4S2.ClH/c1-12(2,9-13)14-20(16,17)10-6-5-7-11(8-10)21(18,19)15(3)4;/h5-8,14H,9,13H2,1-4H3;1H. The van der Waals surface area contributed by atoms with Crippen molar-refractivity contribution in [3.63, 3.8) is 0 Å². The maximum Gasteiger partial charge on any atom is 0.242 e. The van der Waals surface area contributed by atoms with Crippen LogP contribution in [-0.2, 0) is 20.0 Å². The molecule has 0 unspecified atom stereocenters. The third kappa shape index (κ3) is 4.90.